The van der Waals surface area contributed by atoms with E-state index in [1.807, 2.05) is 73.9 Å². The van der Waals surface area contributed by atoms with Crippen molar-refractivity contribution >= 4 is 47.2 Å². The van der Waals surface area contributed by atoms with Gasteiger partial charge >= 0.3 is 5.97 Å². The molecule has 0 spiro atoms. The molecule has 1 heterocycles. The van der Waals surface area contributed by atoms with E-state index in [4.69, 9.17) is 4.74 Å². The molecule has 9 heteroatoms. The summed E-state index contributed by atoms with van der Waals surface area (Å²) in [5, 5.41) is 13.1. The second kappa shape index (κ2) is 22.8. The third kappa shape index (κ3) is 13.5. The van der Waals surface area contributed by atoms with Crippen LogP contribution in [0.25, 0.3) is 11.1 Å². The lowest BCUT2D eigenvalue weighted by Crippen LogP contribution is -2.41. The van der Waals surface area contributed by atoms with Gasteiger partial charge in [-0.15, -0.1) is 0 Å². The molecule has 4 rings (SSSR count). The first kappa shape index (κ1) is 40.5. The molecule has 1 saturated carbocycles. The van der Waals surface area contributed by atoms with Crippen molar-refractivity contribution < 1.29 is 19.4 Å². The number of ether oxygens (including phenoxy) is 1. The molecular formula is C37H58N2O4S3. The number of amides is 1. The zero-order valence-corrected chi connectivity index (χ0v) is 31.6. The Balaban J connectivity index is 0.00000114. The number of carboxylic acids is 1. The number of carbonyl (C=O) groups excluding carboxylic acids is 1. The smallest absolute Gasteiger partial charge is 0.326 e. The van der Waals surface area contributed by atoms with Crippen LogP contribution in [-0.4, -0.2) is 89.2 Å². The van der Waals surface area contributed by atoms with Gasteiger partial charge < -0.3 is 15.2 Å². The number of aliphatic carboxylic acids is 1. The molecule has 46 heavy (non-hydrogen) atoms. The quantitative estimate of drug-likeness (QED) is 0.216. The van der Waals surface area contributed by atoms with E-state index >= 15 is 0 Å². The zero-order chi connectivity index (χ0) is 33.9. The fourth-order valence-corrected chi connectivity index (χ4v) is 7.13. The number of hydrogen-bond donors (Lipinski definition) is 2. The van der Waals surface area contributed by atoms with E-state index in [-0.39, 0.29) is 5.91 Å². The SMILES string of the molecule is CCC.CSC.CSCCC(NC(=O)c1ccc(CN2CC(SC)C[C@H]2COC2CCCCC2)cc1-c1ccccc1C)C(=O)O. The summed E-state index contributed by atoms with van der Waals surface area (Å²) >= 11 is 5.26. The predicted molar refractivity (Wildman–Crippen MR) is 203 cm³/mol. The van der Waals surface area contributed by atoms with Crippen LogP contribution in [0.5, 0.6) is 0 Å². The molecule has 1 amide bonds. The van der Waals surface area contributed by atoms with Gasteiger partial charge in [0.25, 0.3) is 5.91 Å². The van der Waals surface area contributed by atoms with Gasteiger partial charge in [0.2, 0.25) is 0 Å². The van der Waals surface area contributed by atoms with E-state index in [1.54, 1.807) is 23.5 Å². The molecule has 3 atom stereocenters. The summed E-state index contributed by atoms with van der Waals surface area (Å²) < 4.78 is 6.42. The van der Waals surface area contributed by atoms with Gasteiger partial charge in [0, 0.05) is 29.9 Å². The Morgan fingerprint density at radius 2 is 1.70 bits per heavy atom. The lowest BCUT2D eigenvalue weighted by atomic mass is 9.93. The number of rotatable bonds is 13. The highest BCUT2D eigenvalue weighted by Gasteiger charge is 2.33. The maximum absolute atomic E-state index is 13.4. The van der Waals surface area contributed by atoms with Crippen LogP contribution in [0.1, 0.15) is 86.7 Å². The Morgan fingerprint density at radius 1 is 1.02 bits per heavy atom. The number of aryl methyl sites for hydroxylation is 1. The van der Waals surface area contributed by atoms with E-state index in [1.165, 1.54) is 38.5 Å². The summed E-state index contributed by atoms with van der Waals surface area (Å²) in [6, 6.07) is 13.6. The van der Waals surface area contributed by atoms with E-state index in [2.05, 4.69) is 36.4 Å². The number of nitrogens with one attached hydrogen (secondary N) is 1. The first-order valence-electron chi connectivity index (χ1n) is 16.7. The molecular weight excluding hydrogens is 633 g/mol. The normalized spacial score (nSPS) is 18.9. The van der Waals surface area contributed by atoms with Crippen LogP contribution in [0.3, 0.4) is 0 Å². The molecule has 6 nitrogen and oxygen atoms in total. The second-order valence-electron chi connectivity index (χ2n) is 12.2. The van der Waals surface area contributed by atoms with E-state index in [0.29, 0.717) is 35.1 Å². The zero-order valence-electron chi connectivity index (χ0n) is 29.2. The Bertz CT molecular complexity index is 1170. The van der Waals surface area contributed by atoms with Gasteiger partial charge in [-0.2, -0.15) is 35.3 Å². The molecule has 2 aromatic rings. The summed E-state index contributed by atoms with van der Waals surface area (Å²) in [4.78, 5) is 27.8. The number of thioether (sulfide) groups is 3. The number of hydrogen-bond acceptors (Lipinski definition) is 7. The van der Waals surface area contributed by atoms with Crippen molar-refractivity contribution in [1.29, 1.82) is 0 Å². The number of likely N-dealkylation sites (tertiary alicyclic amines) is 1. The standard InChI is InChI=1S/C32H44N2O4S2.C3H8.C2H6S/c1-22-9-7-8-12-27(22)29-17-23(13-14-28(29)31(35)33-30(32(36)37)15-16-39-2)19-34-20-26(40-3)18-24(34)21-38-25-10-5-4-6-11-25;2*1-3-2/h7-9,12-14,17,24-26,30H,4-6,10-11,15-16,18-21H2,1-3H3,(H,33,35)(H,36,37);3H2,1-2H3;1-2H3/t24-,26?,30?;;/m0../s1. The largest absolute Gasteiger partial charge is 0.480 e. The Labute approximate surface area is 292 Å². The van der Waals surface area contributed by atoms with E-state index in [9.17, 15) is 14.7 Å². The van der Waals surface area contributed by atoms with Crippen LogP contribution < -0.4 is 5.32 Å². The van der Waals surface area contributed by atoms with E-state index < -0.39 is 12.0 Å². The molecule has 1 aliphatic heterocycles. The molecule has 2 unspecified atom stereocenters. The van der Waals surface area contributed by atoms with Gasteiger partial charge in [-0.05, 0) is 97.8 Å². The Kier molecular flexibility index (Phi) is 20.1. The molecule has 2 N–H and O–H groups in total. The topological polar surface area (TPSA) is 78.9 Å². The maximum Gasteiger partial charge on any atom is 0.326 e. The number of carboxylic acid groups (broad SMARTS) is 1. The number of benzene rings is 2. The first-order valence-corrected chi connectivity index (χ1v) is 21.0. The second-order valence-corrected chi connectivity index (χ2v) is 15.2. The van der Waals surface area contributed by atoms with Gasteiger partial charge in [0.15, 0.2) is 0 Å². The van der Waals surface area contributed by atoms with Crippen molar-refractivity contribution in [2.24, 2.45) is 0 Å². The van der Waals surface area contributed by atoms with Gasteiger partial charge in [-0.3, -0.25) is 9.69 Å². The van der Waals surface area contributed by atoms with Crippen LogP contribution in [0.4, 0.5) is 0 Å². The minimum Gasteiger partial charge on any atom is -0.480 e. The fourth-order valence-electron chi connectivity index (χ4n) is 5.90. The summed E-state index contributed by atoms with van der Waals surface area (Å²) in [7, 11) is 0. The molecule has 258 valence electrons. The predicted octanol–water partition coefficient (Wildman–Crippen LogP) is 8.65. The van der Waals surface area contributed by atoms with Crippen molar-refractivity contribution in [3.63, 3.8) is 0 Å². The fraction of sp³-hybridized carbons (Fsp3) is 0.622. The van der Waals surface area contributed by atoms with Crippen molar-refractivity contribution in [2.75, 3.05) is 43.9 Å². The maximum atomic E-state index is 13.4. The van der Waals surface area contributed by atoms with Crippen molar-refractivity contribution in [2.45, 2.75) is 102 Å². The molecule has 2 fully saturated rings. The van der Waals surface area contributed by atoms with Crippen molar-refractivity contribution in [3.05, 3.63) is 59.2 Å². The van der Waals surface area contributed by atoms with Crippen LogP contribution in [0, 0.1) is 6.92 Å². The van der Waals surface area contributed by atoms with Gasteiger partial charge in [-0.25, -0.2) is 4.79 Å². The average molecular weight is 691 g/mol. The van der Waals surface area contributed by atoms with Crippen LogP contribution in [-0.2, 0) is 16.1 Å². The molecule has 2 aromatic carbocycles. The van der Waals surface area contributed by atoms with E-state index in [0.717, 1.165) is 48.4 Å². The molecule has 0 aromatic heterocycles. The molecule has 2 aliphatic rings. The summed E-state index contributed by atoms with van der Waals surface area (Å²) in [6.07, 6.45) is 17.6. The summed E-state index contributed by atoms with van der Waals surface area (Å²) in [5.41, 5.74) is 4.57. The first-order chi connectivity index (χ1) is 22.2. The van der Waals surface area contributed by atoms with Crippen LogP contribution >= 0.6 is 35.3 Å². The van der Waals surface area contributed by atoms with Gasteiger partial charge in [0.1, 0.15) is 6.04 Å². The Hall–Kier alpha value is -1.65. The third-order valence-electron chi connectivity index (χ3n) is 8.26. The molecule has 1 saturated heterocycles. The summed E-state index contributed by atoms with van der Waals surface area (Å²) in [6.45, 7) is 8.89. The number of nitrogens with zero attached hydrogens (tertiary/aromatic N) is 1. The Morgan fingerprint density at radius 3 is 2.30 bits per heavy atom. The molecule has 1 aliphatic carbocycles. The highest BCUT2D eigenvalue weighted by Crippen LogP contribution is 2.32. The molecule has 0 radical (unpaired) electrons. The highest BCUT2D eigenvalue weighted by atomic mass is 32.2. The minimum atomic E-state index is -1.00. The number of carbonyl (C=O) groups is 2. The van der Waals surface area contributed by atoms with Gasteiger partial charge in [0.05, 0.1) is 12.7 Å². The third-order valence-corrected chi connectivity index (χ3v) is 9.92. The average Bonchev–Trinajstić information content (AvgIpc) is 3.44. The lowest BCUT2D eigenvalue weighted by molar-refractivity contribution is -0.139. The monoisotopic (exact) mass is 690 g/mol. The lowest BCUT2D eigenvalue weighted by Gasteiger charge is -2.28. The highest BCUT2D eigenvalue weighted by molar-refractivity contribution is 7.99. The van der Waals surface area contributed by atoms with Crippen LogP contribution in [0.15, 0.2) is 42.5 Å². The van der Waals surface area contributed by atoms with Gasteiger partial charge in [-0.1, -0.05) is 69.9 Å². The minimum absolute atomic E-state index is 0.347. The van der Waals surface area contributed by atoms with Crippen molar-refractivity contribution in [1.82, 2.24) is 10.2 Å². The van der Waals surface area contributed by atoms with Crippen molar-refractivity contribution in [3.8, 4) is 11.1 Å². The van der Waals surface area contributed by atoms with Crippen LogP contribution in [0.2, 0.25) is 0 Å². The summed E-state index contributed by atoms with van der Waals surface area (Å²) in [5.74, 6) is -0.685. The molecule has 0 bridgehead atoms.